The number of nitrogens with zero attached hydrogens (tertiary/aromatic N) is 2. The number of benzene rings is 2. The number of carbonyl (C=O) groups is 1. The van der Waals surface area contributed by atoms with E-state index >= 15 is 0 Å². The van der Waals surface area contributed by atoms with Crippen LogP contribution in [0.1, 0.15) is 36.8 Å². The van der Waals surface area contributed by atoms with Crippen molar-refractivity contribution in [3.63, 3.8) is 0 Å². The van der Waals surface area contributed by atoms with Gasteiger partial charge in [0.1, 0.15) is 0 Å². The van der Waals surface area contributed by atoms with E-state index in [1.807, 2.05) is 30.5 Å². The molecule has 4 nitrogen and oxygen atoms in total. The Bertz CT molecular complexity index is 1040. The van der Waals surface area contributed by atoms with Crippen LogP contribution < -0.4 is 0 Å². The van der Waals surface area contributed by atoms with Crippen LogP contribution in [0.25, 0.3) is 10.9 Å². The molecule has 160 valence electrons. The smallest absolute Gasteiger partial charge is 0.233 e. The maximum absolute atomic E-state index is 13.9. The van der Waals surface area contributed by atoms with Gasteiger partial charge in [0, 0.05) is 37.9 Å². The van der Waals surface area contributed by atoms with E-state index in [4.69, 9.17) is 4.74 Å². The van der Waals surface area contributed by atoms with Crippen molar-refractivity contribution in [2.24, 2.45) is 5.92 Å². The Morgan fingerprint density at radius 2 is 1.84 bits per heavy atom. The van der Waals surface area contributed by atoms with Gasteiger partial charge in [-0.1, -0.05) is 54.6 Å². The van der Waals surface area contributed by atoms with E-state index in [0.29, 0.717) is 25.0 Å². The van der Waals surface area contributed by atoms with Gasteiger partial charge < -0.3 is 9.64 Å². The summed E-state index contributed by atoms with van der Waals surface area (Å²) in [6.07, 6.45) is 6.61. The van der Waals surface area contributed by atoms with Gasteiger partial charge in [0.15, 0.2) is 0 Å². The molecule has 1 atom stereocenters. The van der Waals surface area contributed by atoms with Crippen molar-refractivity contribution in [1.82, 2.24) is 9.88 Å². The first kappa shape index (κ1) is 20.2. The third-order valence-corrected chi connectivity index (χ3v) is 7.11. The number of pyridine rings is 1. The van der Waals surface area contributed by atoms with E-state index < -0.39 is 5.41 Å². The fraction of sp³-hybridized carbons (Fsp3) is 0.407. The molecule has 0 aliphatic carbocycles. The molecule has 0 radical (unpaired) electrons. The molecule has 5 rings (SSSR count). The molecule has 0 spiro atoms. The normalized spacial score (nSPS) is 21.2. The lowest BCUT2D eigenvalue weighted by atomic mass is 9.72. The second-order valence-corrected chi connectivity index (χ2v) is 9.02. The number of para-hydroxylation sites is 1. The van der Waals surface area contributed by atoms with Gasteiger partial charge in [-0.05, 0) is 55.2 Å². The summed E-state index contributed by atoms with van der Waals surface area (Å²) in [4.78, 5) is 20.7. The number of fused-ring (bicyclic) bond motifs is 1. The fourth-order valence-electron chi connectivity index (χ4n) is 5.46. The number of hydrogen-bond donors (Lipinski definition) is 0. The summed E-state index contributed by atoms with van der Waals surface area (Å²) in [5.41, 5.74) is 3.09. The van der Waals surface area contributed by atoms with Crippen LogP contribution in [-0.4, -0.2) is 42.1 Å². The summed E-state index contributed by atoms with van der Waals surface area (Å²) in [5.74, 6) is 0.765. The lowest BCUT2D eigenvalue weighted by Gasteiger charge is -2.43. The molecule has 0 N–H and O–H groups in total. The molecule has 2 fully saturated rings. The monoisotopic (exact) mass is 414 g/mol. The second-order valence-electron chi connectivity index (χ2n) is 9.02. The standard InChI is InChI=1S/C27H30N2O2/c30-26(27(13-17-31-18-14-27)24-11-2-1-3-12-24)29-16-6-7-21(20-29)19-23-9-4-8-22-10-5-15-28-25(22)23/h1-5,8-12,15,21H,6-7,13-14,16-20H2/t21-/m0/s1. The van der Waals surface area contributed by atoms with E-state index in [0.717, 1.165) is 56.3 Å². The van der Waals surface area contributed by atoms with Crippen LogP contribution in [0.4, 0.5) is 0 Å². The maximum atomic E-state index is 13.9. The van der Waals surface area contributed by atoms with Gasteiger partial charge in [-0.2, -0.15) is 0 Å². The Balaban J connectivity index is 1.37. The first-order chi connectivity index (χ1) is 15.3. The Morgan fingerprint density at radius 3 is 2.68 bits per heavy atom. The van der Waals surface area contributed by atoms with Gasteiger partial charge in [-0.15, -0.1) is 0 Å². The highest BCUT2D eigenvalue weighted by atomic mass is 16.5. The highest BCUT2D eigenvalue weighted by Crippen LogP contribution is 2.38. The van der Waals surface area contributed by atoms with Crippen molar-refractivity contribution < 1.29 is 9.53 Å². The third kappa shape index (κ3) is 3.97. The number of carbonyl (C=O) groups excluding carboxylic acids is 1. The van der Waals surface area contributed by atoms with Crippen molar-refractivity contribution in [2.45, 2.75) is 37.5 Å². The molecule has 0 unspecified atom stereocenters. The largest absolute Gasteiger partial charge is 0.381 e. The van der Waals surface area contributed by atoms with Crippen molar-refractivity contribution in [2.75, 3.05) is 26.3 Å². The van der Waals surface area contributed by atoms with Crippen molar-refractivity contribution in [1.29, 1.82) is 0 Å². The molecule has 3 aromatic rings. The Hall–Kier alpha value is -2.72. The zero-order chi connectivity index (χ0) is 21.1. The molecule has 0 bridgehead atoms. The molecule has 2 aliphatic rings. The highest BCUT2D eigenvalue weighted by molar-refractivity contribution is 5.88. The molecular weight excluding hydrogens is 384 g/mol. The number of ether oxygens (including phenoxy) is 1. The Morgan fingerprint density at radius 1 is 1.03 bits per heavy atom. The van der Waals surface area contributed by atoms with Crippen LogP contribution in [-0.2, 0) is 21.4 Å². The SMILES string of the molecule is O=C(N1CCC[C@@H](Cc2cccc3cccnc23)C1)C1(c2ccccc2)CCOCC1. The summed E-state index contributed by atoms with van der Waals surface area (Å²) >= 11 is 0. The molecule has 0 saturated carbocycles. The van der Waals surface area contributed by atoms with Crippen LogP contribution in [0.3, 0.4) is 0 Å². The number of amides is 1. The van der Waals surface area contributed by atoms with E-state index in [-0.39, 0.29) is 0 Å². The van der Waals surface area contributed by atoms with E-state index in [1.165, 1.54) is 10.9 Å². The average Bonchev–Trinajstić information content (AvgIpc) is 2.85. The van der Waals surface area contributed by atoms with Gasteiger partial charge in [0.2, 0.25) is 5.91 Å². The summed E-state index contributed by atoms with van der Waals surface area (Å²) in [7, 11) is 0. The molecule has 2 aliphatic heterocycles. The van der Waals surface area contributed by atoms with Crippen LogP contribution in [0.15, 0.2) is 66.9 Å². The lowest BCUT2D eigenvalue weighted by molar-refractivity contribution is -0.143. The third-order valence-electron chi connectivity index (χ3n) is 7.11. The van der Waals surface area contributed by atoms with Crippen molar-refractivity contribution in [3.05, 3.63) is 78.0 Å². The van der Waals surface area contributed by atoms with E-state index in [9.17, 15) is 4.79 Å². The summed E-state index contributed by atoms with van der Waals surface area (Å²) in [5, 5.41) is 1.19. The zero-order valence-electron chi connectivity index (χ0n) is 18.0. The first-order valence-corrected chi connectivity index (χ1v) is 11.5. The molecule has 2 saturated heterocycles. The minimum atomic E-state index is -0.442. The number of aromatic nitrogens is 1. The van der Waals surface area contributed by atoms with Crippen molar-refractivity contribution in [3.8, 4) is 0 Å². The predicted molar refractivity (Wildman–Crippen MR) is 123 cm³/mol. The number of piperidine rings is 1. The highest BCUT2D eigenvalue weighted by Gasteiger charge is 2.44. The Kier molecular flexibility index (Phi) is 5.73. The van der Waals surface area contributed by atoms with Gasteiger partial charge in [0.05, 0.1) is 10.9 Å². The van der Waals surface area contributed by atoms with Gasteiger partial charge in [-0.25, -0.2) is 0 Å². The van der Waals surface area contributed by atoms with E-state index in [1.54, 1.807) is 0 Å². The minimum absolute atomic E-state index is 0.294. The zero-order valence-corrected chi connectivity index (χ0v) is 18.0. The van der Waals surface area contributed by atoms with Gasteiger partial charge in [0.25, 0.3) is 0 Å². The van der Waals surface area contributed by atoms with E-state index in [2.05, 4.69) is 46.3 Å². The summed E-state index contributed by atoms with van der Waals surface area (Å²) < 4.78 is 5.65. The topological polar surface area (TPSA) is 42.4 Å². The Labute approximate surface area is 184 Å². The molecule has 1 amide bonds. The minimum Gasteiger partial charge on any atom is -0.381 e. The molecule has 2 aromatic carbocycles. The number of likely N-dealkylation sites (tertiary alicyclic amines) is 1. The van der Waals surface area contributed by atoms with Crippen LogP contribution >= 0.6 is 0 Å². The first-order valence-electron chi connectivity index (χ1n) is 11.5. The van der Waals surface area contributed by atoms with Crippen LogP contribution in [0, 0.1) is 5.92 Å². The second kappa shape index (κ2) is 8.80. The summed E-state index contributed by atoms with van der Waals surface area (Å²) in [6.45, 7) is 3.00. The number of hydrogen-bond acceptors (Lipinski definition) is 3. The summed E-state index contributed by atoms with van der Waals surface area (Å²) in [6, 6.07) is 20.9. The van der Waals surface area contributed by atoms with Crippen LogP contribution in [0.2, 0.25) is 0 Å². The fourth-order valence-corrected chi connectivity index (χ4v) is 5.46. The molecule has 31 heavy (non-hydrogen) atoms. The lowest BCUT2D eigenvalue weighted by Crippen LogP contribution is -2.52. The van der Waals surface area contributed by atoms with Crippen LogP contribution in [0.5, 0.6) is 0 Å². The predicted octanol–water partition coefficient (Wildman–Crippen LogP) is 4.76. The molecule has 3 heterocycles. The number of rotatable bonds is 4. The van der Waals surface area contributed by atoms with Crippen molar-refractivity contribution >= 4 is 16.8 Å². The molecular formula is C27H30N2O2. The molecule has 4 heteroatoms. The molecule has 1 aromatic heterocycles. The van der Waals surface area contributed by atoms with Gasteiger partial charge in [-0.3, -0.25) is 9.78 Å². The maximum Gasteiger partial charge on any atom is 0.233 e. The van der Waals surface area contributed by atoms with Gasteiger partial charge >= 0.3 is 0 Å². The average molecular weight is 415 g/mol. The quantitative estimate of drug-likeness (QED) is 0.618.